The van der Waals surface area contributed by atoms with Gasteiger partial charge in [0.2, 0.25) is 11.8 Å². The summed E-state index contributed by atoms with van der Waals surface area (Å²) in [6, 6.07) is 8.47. The summed E-state index contributed by atoms with van der Waals surface area (Å²) in [5.41, 5.74) is 6.76. The highest BCUT2D eigenvalue weighted by Gasteiger charge is 2.33. The van der Waals surface area contributed by atoms with Crippen molar-refractivity contribution in [2.75, 3.05) is 19.6 Å². The van der Waals surface area contributed by atoms with E-state index in [2.05, 4.69) is 10.6 Å². The van der Waals surface area contributed by atoms with E-state index in [1.54, 1.807) is 24.3 Å². The van der Waals surface area contributed by atoms with Crippen LogP contribution < -0.4 is 16.4 Å². The van der Waals surface area contributed by atoms with Crippen LogP contribution in [0.1, 0.15) is 48.9 Å². The molecule has 3 amide bonds. The summed E-state index contributed by atoms with van der Waals surface area (Å²) in [6.07, 6.45) is 5.42. The fourth-order valence-electron chi connectivity index (χ4n) is 4.10. The molecule has 1 aromatic carbocycles. The third kappa shape index (κ3) is 5.32. The number of benzene rings is 1. The number of carbonyl (C=O) groups is 3. The zero-order valence-electron chi connectivity index (χ0n) is 16.2. The van der Waals surface area contributed by atoms with Gasteiger partial charge in [-0.25, -0.2) is 0 Å². The number of carbonyl (C=O) groups excluding carboxylic acids is 3. The second-order valence-electron chi connectivity index (χ2n) is 7.79. The lowest BCUT2D eigenvalue weighted by atomic mass is 9.81. The number of nitrogens with zero attached hydrogens (tertiary/aromatic N) is 1. The minimum atomic E-state index is -0.431. The molecule has 7 nitrogen and oxygen atoms in total. The van der Waals surface area contributed by atoms with Gasteiger partial charge >= 0.3 is 0 Å². The molecule has 1 saturated heterocycles. The fraction of sp³-hybridized carbons (Fsp3) is 0.571. The SMILES string of the molecule is N[C@H](C(=O)N1CCCC1)C1CCC(NC(=O)CNC(=O)c2ccccc2)CC1. The number of amides is 3. The van der Waals surface area contributed by atoms with Gasteiger partial charge in [-0.15, -0.1) is 0 Å². The van der Waals surface area contributed by atoms with Gasteiger partial charge in [0.15, 0.2) is 0 Å². The van der Waals surface area contributed by atoms with Crippen LogP contribution in [0.4, 0.5) is 0 Å². The molecule has 1 heterocycles. The molecule has 0 bridgehead atoms. The molecule has 2 fully saturated rings. The molecule has 1 saturated carbocycles. The smallest absolute Gasteiger partial charge is 0.251 e. The first-order valence-corrected chi connectivity index (χ1v) is 10.2. The lowest BCUT2D eigenvalue weighted by molar-refractivity contribution is -0.133. The maximum atomic E-state index is 12.5. The van der Waals surface area contributed by atoms with Crippen molar-refractivity contribution < 1.29 is 14.4 Å². The Morgan fingerprint density at radius 3 is 2.32 bits per heavy atom. The second kappa shape index (κ2) is 9.68. The van der Waals surface area contributed by atoms with Crippen LogP contribution in [-0.4, -0.2) is 54.3 Å². The van der Waals surface area contributed by atoms with E-state index in [-0.39, 0.29) is 36.2 Å². The minimum absolute atomic E-state index is 0.0411. The molecule has 1 aromatic rings. The van der Waals surface area contributed by atoms with E-state index in [1.165, 1.54) is 0 Å². The first kappa shape index (κ1) is 20.3. The van der Waals surface area contributed by atoms with Gasteiger partial charge < -0.3 is 21.3 Å². The zero-order valence-corrected chi connectivity index (χ0v) is 16.2. The van der Waals surface area contributed by atoms with Gasteiger partial charge in [-0.3, -0.25) is 14.4 Å². The van der Waals surface area contributed by atoms with Gasteiger partial charge in [0.05, 0.1) is 12.6 Å². The van der Waals surface area contributed by atoms with Crippen molar-refractivity contribution in [3.63, 3.8) is 0 Å². The molecule has 1 aliphatic heterocycles. The maximum absolute atomic E-state index is 12.5. The lowest BCUT2D eigenvalue weighted by Gasteiger charge is -2.33. The van der Waals surface area contributed by atoms with E-state index in [1.807, 2.05) is 11.0 Å². The Bertz CT molecular complexity index is 680. The van der Waals surface area contributed by atoms with Crippen molar-refractivity contribution in [1.29, 1.82) is 0 Å². The van der Waals surface area contributed by atoms with Crippen LogP contribution >= 0.6 is 0 Å². The van der Waals surface area contributed by atoms with Crippen molar-refractivity contribution in [1.82, 2.24) is 15.5 Å². The lowest BCUT2D eigenvalue weighted by Crippen LogP contribution is -2.49. The standard InChI is InChI=1S/C21H30N4O3/c22-19(21(28)25-12-4-5-13-25)15-8-10-17(11-9-15)24-18(26)14-23-20(27)16-6-2-1-3-7-16/h1-3,6-7,15,17,19H,4-5,8-14,22H2,(H,23,27)(H,24,26)/t15?,17?,19-/m0/s1. The quantitative estimate of drug-likeness (QED) is 0.679. The summed E-state index contributed by atoms with van der Waals surface area (Å²) in [5.74, 6) is -0.191. The summed E-state index contributed by atoms with van der Waals surface area (Å²) >= 11 is 0. The Morgan fingerprint density at radius 1 is 1.04 bits per heavy atom. The molecule has 4 N–H and O–H groups in total. The van der Waals surface area contributed by atoms with Crippen LogP contribution in [0.3, 0.4) is 0 Å². The second-order valence-corrected chi connectivity index (χ2v) is 7.79. The average molecular weight is 386 g/mol. The zero-order chi connectivity index (χ0) is 19.9. The van der Waals surface area contributed by atoms with E-state index < -0.39 is 6.04 Å². The molecule has 1 atom stereocenters. The molecule has 1 aliphatic carbocycles. The fourth-order valence-corrected chi connectivity index (χ4v) is 4.10. The van der Waals surface area contributed by atoms with Gasteiger partial charge in [-0.2, -0.15) is 0 Å². The highest BCUT2D eigenvalue weighted by atomic mass is 16.2. The van der Waals surface area contributed by atoms with Crippen LogP contribution in [0.15, 0.2) is 30.3 Å². The molecule has 0 radical (unpaired) electrons. The van der Waals surface area contributed by atoms with Crippen LogP contribution in [0.5, 0.6) is 0 Å². The van der Waals surface area contributed by atoms with E-state index in [9.17, 15) is 14.4 Å². The summed E-state index contributed by atoms with van der Waals surface area (Å²) in [4.78, 5) is 38.5. The number of nitrogens with one attached hydrogen (secondary N) is 2. The molecule has 152 valence electrons. The van der Waals surface area contributed by atoms with Crippen molar-refractivity contribution in [3.8, 4) is 0 Å². The highest BCUT2D eigenvalue weighted by molar-refractivity contribution is 5.96. The summed E-state index contributed by atoms with van der Waals surface area (Å²) in [7, 11) is 0. The van der Waals surface area contributed by atoms with Crippen molar-refractivity contribution in [2.24, 2.45) is 11.7 Å². The van der Waals surface area contributed by atoms with Crippen molar-refractivity contribution >= 4 is 17.7 Å². The molecule has 28 heavy (non-hydrogen) atoms. The third-order valence-electron chi connectivity index (χ3n) is 5.79. The summed E-state index contributed by atoms with van der Waals surface area (Å²) in [6.45, 7) is 1.61. The highest BCUT2D eigenvalue weighted by Crippen LogP contribution is 2.27. The van der Waals surface area contributed by atoms with Gasteiger partial charge in [-0.1, -0.05) is 18.2 Å². The molecular weight excluding hydrogens is 356 g/mol. The van der Waals surface area contributed by atoms with E-state index in [0.29, 0.717) is 5.56 Å². The molecule has 0 aromatic heterocycles. The Morgan fingerprint density at radius 2 is 1.68 bits per heavy atom. The van der Waals surface area contributed by atoms with Gasteiger partial charge in [0.25, 0.3) is 5.91 Å². The van der Waals surface area contributed by atoms with E-state index in [4.69, 9.17) is 5.73 Å². The molecular formula is C21H30N4O3. The number of rotatable bonds is 6. The summed E-state index contributed by atoms with van der Waals surface area (Å²) < 4.78 is 0. The van der Waals surface area contributed by atoms with Crippen LogP contribution in [-0.2, 0) is 9.59 Å². The molecule has 3 rings (SSSR count). The monoisotopic (exact) mass is 386 g/mol. The van der Waals surface area contributed by atoms with Gasteiger partial charge in [0, 0.05) is 24.7 Å². The Hall–Kier alpha value is -2.41. The van der Waals surface area contributed by atoms with Crippen LogP contribution in [0, 0.1) is 5.92 Å². The first-order chi connectivity index (χ1) is 13.5. The Kier molecular flexibility index (Phi) is 7.03. The maximum Gasteiger partial charge on any atom is 0.251 e. The number of likely N-dealkylation sites (tertiary alicyclic amines) is 1. The largest absolute Gasteiger partial charge is 0.352 e. The minimum Gasteiger partial charge on any atom is -0.352 e. The molecule has 0 unspecified atom stereocenters. The van der Waals surface area contributed by atoms with Gasteiger partial charge in [-0.05, 0) is 56.6 Å². The van der Waals surface area contributed by atoms with Crippen LogP contribution in [0.2, 0.25) is 0 Å². The molecule has 7 heteroatoms. The summed E-state index contributed by atoms with van der Waals surface area (Å²) in [5, 5.41) is 5.62. The number of hydrogen-bond donors (Lipinski definition) is 3. The van der Waals surface area contributed by atoms with E-state index in [0.717, 1.165) is 51.6 Å². The van der Waals surface area contributed by atoms with Crippen molar-refractivity contribution in [3.05, 3.63) is 35.9 Å². The number of hydrogen-bond acceptors (Lipinski definition) is 4. The number of nitrogens with two attached hydrogens (primary N) is 1. The average Bonchev–Trinajstić information content (AvgIpc) is 3.27. The van der Waals surface area contributed by atoms with Crippen molar-refractivity contribution in [2.45, 2.75) is 50.6 Å². The molecule has 2 aliphatic rings. The Labute approximate surface area is 166 Å². The van der Waals surface area contributed by atoms with E-state index >= 15 is 0 Å². The topological polar surface area (TPSA) is 105 Å². The van der Waals surface area contributed by atoms with Crippen LogP contribution in [0.25, 0.3) is 0 Å². The predicted octanol–water partition coefficient (Wildman–Crippen LogP) is 1.04. The molecule has 0 spiro atoms. The van der Waals surface area contributed by atoms with Gasteiger partial charge in [0.1, 0.15) is 0 Å². The Balaban J connectivity index is 1.37. The predicted molar refractivity (Wildman–Crippen MR) is 106 cm³/mol. The normalized spacial score (nSPS) is 23.1. The first-order valence-electron chi connectivity index (χ1n) is 10.2. The third-order valence-corrected chi connectivity index (χ3v) is 5.79.